The van der Waals surface area contributed by atoms with Gasteiger partial charge in [0.2, 0.25) is 5.91 Å². The Labute approximate surface area is 164 Å². The molecule has 0 N–H and O–H groups in total. The van der Waals surface area contributed by atoms with Gasteiger partial charge in [-0.25, -0.2) is 0 Å². The lowest BCUT2D eigenvalue weighted by atomic mass is 10.0. The maximum absolute atomic E-state index is 12.4. The van der Waals surface area contributed by atoms with Crippen molar-refractivity contribution in [2.45, 2.75) is 123 Å². The van der Waals surface area contributed by atoms with Gasteiger partial charge in [-0.15, -0.1) is 6.58 Å². The quantitative estimate of drug-likeness (QED) is 0.160. The van der Waals surface area contributed by atoms with Gasteiger partial charge in [0.05, 0.1) is 0 Å². The lowest BCUT2D eigenvalue weighted by molar-refractivity contribution is -0.131. The summed E-state index contributed by atoms with van der Waals surface area (Å²) in [5.41, 5.74) is 0. The van der Waals surface area contributed by atoms with Crippen LogP contribution in [-0.4, -0.2) is 23.9 Å². The van der Waals surface area contributed by atoms with Crippen LogP contribution in [0.3, 0.4) is 0 Å². The first kappa shape index (κ1) is 25.2. The summed E-state index contributed by atoms with van der Waals surface area (Å²) in [6, 6.07) is 0. The number of unbranched alkanes of at least 4 members (excludes halogenated alkanes) is 13. The Morgan fingerprint density at radius 3 is 1.54 bits per heavy atom. The molecule has 0 saturated carbocycles. The normalized spacial score (nSPS) is 10.8. The number of carbonyl (C=O) groups is 1. The van der Waals surface area contributed by atoms with Crippen molar-refractivity contribution in [3.05, 3.63) is 12.7 Å². The molecule has 26 heavy (non-hydrogen) atoms. The fourth-order valence-electron chi connectivity index (χ4n) is 3.37. The lowest BCUT2D eigenvalue weighted by Gasteiger charge is -2.22. The minimum atomic E-state index is 0.392. The third kappa shape index (κ3) is 16.7. The summed E-state index contributed by atoms with van der Waals surface area (Å²) in [6.07, 6.45) is 23.2. The summed E-state index contributed by atoms with van der Waals surface area (Å²) in [5.74, 6) is 0.392. The zero-order chi connectivity index (χ0) is 19.3. The monoisotopic (exact) mass is 365 g/mol. The van der Waals surface area contributed by atoms with Gasteiger partial charge in [-0.05, 0) is 32.1 Å². The van der Waals surface area contributed by atoms with Gasteiger partial charge >= 0.3 is 0 Å². The molecule has 0 rings (SSSR count). The Morgan fingerprint density at radius 1 is 0.692 bits per heavy atom. The predicted octanol–water partition coefficient (Wildman–Crippen LogP) is 7.67. The smallest absolute Gasteiger partial charge is 0.222 e. The Bertz CT molecular complexity index is 305. The molecule has 0 aliphatic rings. The first-order valence-electron chi connectivity index (χ1n) is 11.6. The highest BCUT2D eigenvalue weighted by Crippen LogP contribution is 2.13. The Balaban J connectivity index is 3.48. The largest absolute Gasteiger partial charge is 0.343 e. The number of nitrogens with zero attached hydrogens (tertiary/aromatic N) is 1. The van der Waals surface area contributed by atoms with Crippen LogP contribution in [0.5, 0.6) is 0 Å². The Kier molecular flexibility index (Phi) is 19.9. The number of carbonyl (C=O) groups excluding carboxylic acids is 1. The molecule has 0 aromatic heterocycles. The summed E-state index contributed by atoms with van der Waals surface area (Å²) in [4.78, 5) is 14.5. The van der Waals surface area contributed by atoms with E-state index in [1.54, 1.807) is 0 Å². The molecule has 0 aromatic rings. The van der Waals surface area contributed by atoms with Crippen LogP contribution in [0.15, 0.2) is 12.7 Å². The van der Waals surface area contributed by atoms with Crippen LogP contribution in [0.1, 0.15) is 123 Å². The number of allylic oxidation sites excluding steroid dienone is 1. The summed E-state index contributed by atoms with van der Waals surface area (Å²) >= 11 is 0. The van der Waals surface area contributed by atoms with Gasteiger partial charge < -0.3 is 4.90 Å². The molecule has 0 heterocycles. The molecule has 0 fully saturated rings. The van der Waals surface area contributed by atoms with Gasteiger partial charge in [0.15, 0.2) is 0 Å². The van der Waals surface area contributed by atoms with E-state index in [1.165, 1.54) is 83.5 Å². The molecule has 1 amide bonds. The van der Waals surface area contributed by atoms with E-state index in [0.29, 0.717) is 5.91 Å². The average Bonchev–Trinajstić information content (AvgIpc) is 2.65. The summed E-state index contributed by atoms with van der Waals surface area (Å²) in [5, 5.41) is 0. The number of amides is 1. The van der Waals surface area contributed by atoms with Crippen LogP contribution < -0.4 is 0 Å². The SMILES string of the molecule is C=CCCCCCCCCCCCCCC(=O)N(CCCC)CCCC. The number of rotatable bonds is 20. The predicted molar refractivity (Wildman–Crippen MR) is 117 cm³/mol. The van der Waals surface area contributed by atoms with Crippen molar-refractivity contribution < 1.29 is 4.79 Å². The number of hydrogen-bond donors (Lipinski definition) is 0. The van der Waals surface area contributed by atoms with Crippen LogP contribution in [0.4, 0.5) is 0 Å². The first-order chi connectivity index (χ1) is 12.8. The van der Waals surface area contributed by atoms with Crippen molar-refractivity contribution in [2.24, 2.45) is 0 Å². The Morgan fingerprint density at radius 2 is 1.12 bits per heavy atom. The van der Waals surface area contributed by atoms with E-state index in [9.17, 15) is 4.79 Å². The molecule has 0 atom stereocenters. The van der Waals surface area contributed by atoms with Crippen molar-refractivity contribution in [1.29, 1.82) is 0 Å². The summed E-state index contributed by atoms with van der Waals surface area (Å²) in [6.45, 7) is 10.1. The maximum Gasteiger partial charge on any atom is 0.222 e. The van der Waals surface area contributed by atoms with Crippen molar-refractivity contribution in [3.8, 4) is 0 Å². The van der Waals surface area contributed by atoms with Crippen molar-refractivity contribution >= 4 is 5.91 Å². The standard InChI is InChI=1S/C24H47NO/c1-4-7-10-11-12-13-14-15-16-17-18-19-20-21-24(26)25(22-8-5-2)23-9-6-3/h4H,1,5-23H2,2-3H3. The molecule has 0 aliphatic heterocycles. The van der Waals surface area contributed by atoms with E-state index < -0.39 is 0 Å². The van der Waals surface area contributed by atoms with E-state index in [1.807, 2.05) is 6.08 Å². The highest BCUT2D eigenvalue weighted by Gasteiger charge is 2.11. The van der Waals surface area contributed by atoms with Crippen LogP contribution in [0, 0.1) is 0 Å². The summed E-state index contributed by atoms with van der Waals surface area (Å²) in [7, 11) is 0. The molecule has 2 heteroatoms. The lowest BCUT2D eigenvalue weighted by Crippen LogP contribution is -2.32. The zero-order valence-corrected chi connectivity index (χ0v) is 18.1. The molecule has 0 saturated heterocycles. The van der Waals surface area contributed by atoms with E-state index in [-0.39, 0.29) is 0 Å². The average molecular weight is 366 g/mol. The van der Waals surface area contributed by atoms with E-state index in [4.69, 9.17) is 0 Å². The zero-order valence-electron chi connectivity index (χ0n) is 18.1. The van der Waals surface area contributed by atoms with Gasteiger partial charge in [-0.2, -0.15) is 0 Å². The van der Waals surface area contributed by atoms with Gasteiger partial charge in [-0.3, -0.25) is 4.79 Å². The van der Waals surface area contributed by atoms with Crippen molar-refractivity contribution in [1.82, 2.24) is 4.90 Å². The van der Waals surface area contributed by atoms with Crippen LogP contribution >= 0.6 is 0 Å². The highest BCUT2D eigenvalue weighted by atomic mass is 16.2. The van der Waals surface area contributed by atoms with Crippen molar-refractivity contribution in [3.63, 3.8) is 0 Å². The van der Waals surface area contributed by atoms with Gasteiger partial charge in [0.1, 0.15) is 0 Å². The molecule has 2 nitrogen and oxygen atoms in total. The molecule has 0 spiro atoms. The molecule has 0 radical (unpaired) electrons. The summed E-state index contributed by atoms with van der Waals surface area (Å²) < 4.78 is 0. The van der Waals surface area contributed by atoms with E-state index in [0.717, 1.165) is 38.8 Å². The molecule has 0 bridgehead atoms. The molecular weight excluding hydrogens is 318 g/mol. The van der Waals surface area contributed by atoms with Crippen molar-refractivity contribution in [2.75, 3.05) is 13.1 Å². The Hall–Kier alpha value is -0.790. The van der Waals surface area contributed by atoms with Crippen LogP contribution in [-0.2, 0) is 4.79 Å². The van der Waals surface area contributed by atoms with E-state index in [2.05, 4.69) is 25.3 Å². The molecule has 0 aliphatic carbocycles. The third-order valence-electron chi connectivity index (χ3n) is 5.21. The minimum absolute atomic E-state index is 0.392. The van der Waals surface area contributed by atoms with Gasteiger partial charge in [-0.1, -0.05) is 90.6 Å². The molecule has 0 aromatic carbocycles. The second kappa shape index (κ2) is 20.5. The second-order valence-electron chi connectivity index (χ2n) is 7.80. The van der Waals surface area contributed by atoms with E-state index >= 15 is 0 Å². The van der Waals surface area contributed by atoms with Gasteiger partial charge in [0, 0.05) is 19.5 Å². The topological polar surface area (TPSA) is 20.3 Å². The second-order valence-corrected chi connectivity index (χ2v) is 7.80. The van der Waals surface area contributed by atoms with Crippen LogP contribution in [0.25, 0.3) is 0 Å². The first-order valence-corrected chi connectivity index (χ1v) is 11.6. The number of hydrogen-bond acceptors (Lipinski definition) is 1. The fourth-order valence-corrected chi connectivity index (χ4v) is 3.37. The van der Waals surface area contributed by atoms with Crippen LogP contribution in [0.2, 0.25) is 0 Å². The molecular formula is C24H47NO. The minimum Gasteiger partial charge on any atom is -0.343 e. The third-order valence-corrected chi connectivity index (χ3v) is 5.21. The van der Waals surface area contributed by atoms with Gasteiger partial charge in [0.25, 0.3) is 0 Å². The molecule has 154 valence electrons. The highest BCUT2D eigenvalue weighted by molar-refractivity contribution is 5.76. The molecule has 0 unspecified atom stereocenters. The fraction of sp³-hybridized carbons (Fsp3) is 0.875. The maximum atomic E-state index is 12.4.